The number of hydrogen-bond acceptors (Lipinski definition) is 2. The molecule has 3 nitrogen and oxygen atoms in total. The van der Waals surface area contributed by atoms with E-state index < -0.39 is 23.2 Å². The van der Waals surface area contributed by atoms with Gasteiger partial charge >= 0.3 is 0 Å². The largest absolute Gasteiger partial charge is 0.394 e. The molecule has 2 rings (SSSR count). The number of hydrogen-bond donors (Lipinski definition) is 2. The van der Waals surface area contributed by atoms with E-state index >= 15 is 0 Å². The van der Waals surface area contributed by atoms with Crippen LogP contribution in [0.3, 0.4) is 0 Å². The molecular formula is C14H11BrF2N2O. The summed E-state index contributed by atoms with van der Waals surface area (Å²) in [6, 6.07) is 7.12. The van der Waals surface area contributed by atoms with Crippen molar-refractivity contribution in [1.82, 2.24) is 0 Å². The Hall–Kier alpha value is -1.95. The van der Waals surface area contributed by atoms with Crippen molar-refractivity contribution in [2.24, 2.45) is 0 Å². The Kier molecular flexibility index (Phi) is 4.04. The molecule has 0 bridgehead atoms. The monoisotopic (exact) mass is 340 g/mol. The van der Waals surface area contributed by atoms with Gasteiger partial charge < -0.3 is 11.1 Å². The van der Waals surface area contributed by atoms with Crippen LogP contribution in [0.25, 0.3) is 0 Å². The maximum absolute atomic E-state index is 13.3. The van der Waals surface area contributed by atoms with Gasteiger partial charge in [0, 0.05) is 10.0 Å². The van der Waals surface area contributed by atoms with Crippen LogP contribution in [-0.2, 0) is 0 Å². The number of carbonyl (C=O) groups is 1. The number of amides is 1. The van der Waals surface area contributed by atoms with Crippen molar-refractivity contribution in [3.63, 3.8) is 0 Å². The average Bonchev–Trinajstić information content (AvgIpc) is 2.38. The maximum atomic E-state index is 13.3. The molecule has 0 heterocycles. The molecule has 1 amide bonds. The fourth-order valence-electron chi connectivity index (χ4n) is 1.63. The summed E-state index contributed by atoms with van der Waals surface area (Å²) in [5, 5.41) is 2.57. The lowest BCUT2D eigenvalue weighted by Crippen LogP contribution is -2.13. The van der Waals surface area contributed by atoms with Gasteiger partial charge in [0.05, 0.1) is 5.69 Å². The molecule has 20 heavy (non-hydrogen) atoms. The van der Waals surface area contributed by atoms with E-state index in [1.54, 1.807) is 6.07 Å². The quantitative estimate of drug-likeness (QED) is 0.815. The van der Waals surface area contributed by atoms with E-state index in [1.807, 2.05) is 19.1 Å². The number of aryl methyl sites for hydroxylation is 1. The van der Waals surface area contributed by atoms with E-state index in [-0.39, 0.29) is 5.56 Å². The molecule has 2 aromatic carbocycles. The molecule has 0 saturated carbocycles. The zero-order chi connectivity index (χ0) is 14.9. The molecule has 0 aliphatic heterocycles. The third-order valence-corrected chi connectivity index (χ3v) is 3.37. The number of rotatable bonds is 2. The van der Waals surface area contributed by atoms with Crippen LogP contribution in [0.15, 0.2) is 34.8 Å². The second kappa shape index (κ2) is 5.58. The molecule has 6 heteroatoms. The van der Waals surface area contributed by atoms with Crippen LogP contribution in [0, 0.1) is 18.6 Å². The molecule has 3 N–H and O–H groups in total. The third-order valence-electron chi connectivity index (χ3n) is 2.71. The predicted octanol–water partition coefficient (Wildman–Crippen LogP) is 3.87. The van der Waals surface area contributed by atoms with Crippen molar-refractivity contribution in [3.8, 4) is 0 Å². The van der Waals surface area contributed by atoms with E-state index in [0.717, 1.165) is 17.7 Å². The topological polar surface area (TPSA) is 55.1 Å². The van der Waals surface area contributed by atoms with Gasteiger partial charge in [0.25, 0.3) is 5.91 Å². The number of carbonyl (C=O) groups excluding carboxylic acids is 1. The highest BCUT2D eigenvalue weighted by atomic mass is 79.9. The molecule has 0 aliphatic carbocycles. The number of nitrogen functional groups attached to an aromatic ring is 1. The van der Waals surface area contributed by atoms with Gasteiger partial charge in [-0.1, -0.05) is 6.07 Å². The highest BCUT2D eigenvalue weighted by Crippen LogP contribution is 2.24. The Morgan fingerprint density at radius 2 is 1.80 bits per heavy atom. The molecule has 0 saturated heterocycles. The first kappa shape index (κ1) is 14.5. The molecule has 0 radical (unpaired) electrons. The van der Waals surface area contributed by atoms with Crippen molar-refractivity contribution in [2.45, 2.75) is 6.92 Å². The first-order valence-electron chi connectivity index (χ1n) is 5.70. The van der Waals surface area contributed by atoms with Crippen LogP contribution < -0.4 is 11.1 Å². The lowest BCUT2D eigenvalue weighted by molar-refractivity contribution is 0.102. The van der Waals surface area contributed by atoms with Gasteiger partial charge in [-0.05, 0) is 52.7 Å². The van der Waals surface area contributed by atoms with Crippen molar-refractivity contribution in [3.05, 3.63) is 57.6 Å². The Bertz CT molecular complexity index is 666. The summed E-state index contributed by atoms with van der Waals surface area (Å²) < 4.78 is 27.3. The van der Waals surface area contributed by atoms with Gasteiger partial charge in [-0.25, -0.2) is 8.78 Å². The van der Waals surface area contributed by atoms with E-state index in [1.165, 1.54) is 0 Å². The summed E-state index contributed by atoms with van der Waals surface area (Å²) in [5.74, 6) is -2.54. The number of anilines is 2. The SMILES string of the molecule is Cc1ccc(NC(=O)c2cc(F)c(N)c(F)c2)c(Br)c1. The molecule has 0 unspecified atom stereocenters. The summed E-state index contributed by atoms with van der Waals surface area (Å²) in [4.78, 5) is 12.0. The zero-order valence-electron chi connectivity index (χ0n) is 10.5. The van der Waals surface area contributed by atoms with Crippen LogP contribution >= 0.6 is 15.9 Å². The Labute approximate surface area is 122 Å². The van der Waals surface area contributed by atoms with Crippen molar-refractivity contribution < 1.29 is 13.6 Å². The molecule has 0 fully saturated rings. The standard InChI is InChI=1S/C14H11BrF2N2O/c1-7-2-3-12(9(15)4-7)19-14(20)8-5-10(16)13(18)11(17)6-8/h2-6H,18H2,1H3,(H,19,20). The summed E-state index contributed by atoms with van der Waals surface area (Å²) in [7, 11) is 0. The van der Waals surface area contributed by atoms with Gasteiger partial charge in [-0.3, -0.25) is 4.79 Å². The van der Waals surface area contributed by atoms with Gasteiger partial charge in [-0.2, -0.15) is 0 Å². The summed E-state index contributed by atoms with van der Waals surface area (Å²) in [6.07, 6.45) is 0. The van der Waals surface area contributed by atoms with Crippen molar-refractivity contribution in [1.29, 1.82) is 0 Å². The maximum Gasteiger partial charge on any atom is 0.255 e. The minimum atomic E-state index is -0.960. The average molecular weight is 341 g/mol. The smallest absolute Gasteiger partial charge is 0.255 e. The van der Waals surface area contributed by atoms with Crippen molar-refractivity contribution >= 4 is 33.2 Å². The van der Waals surface area contributed by atoms with Crippen LogP contribution in [0.4, 0.5) is 20.2 Å². The summed E-state index contributed by atoms with van der Waals surface area (Å²) in [6.45, 7) is 1.90. The molecule has 0 aliphatic rings. The molecule has 0 atom stereocenters. The van der Waals surface area contributed by atoms with Crippen molar-refractivity contribution in [2.75, 3.05) is 11.1 Å². The fraction of sp³-hybridized carbons (Fsp3) is 0.0714. The molecule has 104 valence electrons. The molecule has 0 aromatic heterocycles. The third kappa shape index (κ3) is 2.96. The number of halogens is 3. The number of benzene rings is 2. The summed E-state index contributed by atoms with van der Waals surface area (Å²) in [5.41, 5.74) is 5.94. The first-order valence-corrected chi connectivity index (χ1v) is 6.50. The summed E-state index contributed by atoms with van der Waals surface area (Å²) >= 11 is 3.31. The van der Waals surface area contributed by atoms with E-state index in [0.29, 0.717) is 10.2 Å². The lowest BCUT2D eigenvalue weighted by Gasteiger charge is -2.09. The van der Waals surface area contributed by atoms with Gasteiger partial charge in [0.1, 0.15) is 17.3 Å². The lowest BCUT2D eigenvalue weighted by atomic mass is 10.1. The van der Waals surface area contributed by atoms with Crippen LogP contribution in [0.5, 0.6) is 0 Å². The highest BCUT2D eigenvalue weighted by Gasteiger charge is 2.14. The number of nitrogens with two attached hydrogens (primary N) is 1. The minimum Gasteiger partial charge on any atom is -0.394 e. The first-order chi connectivity index (χ1) is 9.38. The van der Waals surface area contributed by atoms with E-state index in [4.69, 9.17) is 5.73 Å². The second-order valence-corrected chi connectivity index (χ2v) is 5.15. The normalized spacial score (nSPS) is 10.4. The van der Waals surface area contributed by atoms with Gasteiger partial charge in [-0.15, -0.1) is 0 Å². The van der Waals surface area contributed by atoms with Gasteiger partial charge in [0.2, 0.25) is 0 Å². The van der Waals surface area contributed by atoms with Crippen LogP contribution in [-0.4, -0.2) is 5.91 Å². The zero-order valence-corrected chi connectivity index (χ0v) is 12.1. The van der Waals surface area contributed by atoms with Crippen LogP contribution in [0.1, 0.15) is 15.9 Å². The second-order valence-electron chi connectivity index (χ2n) is 4.29. The Balaban J connectivity index is 2.28. The fourth-order valence-corrected chi connectivity index (χ4v) is 2.22. The Morgan fingerprint density at radius 1 is 1.20 bits per heavy atom. The van der Waals surface area contributed by atoms with E-state index in [2.05, 4.69) is 21.2 Å². The molecule has 0 spiro atoms. The predicted molar refractivity (Wildman–Crippen MR) is 77.6 cm³/mol. The highest BCUT2D eigenvalue weighted by molar-refractivity contribution is 9.10. The van der Waals surface area contributed by atoms with Gasteiger partial charge in [0.15, 0.2) is 0 Å². The van der Waals surface area contributed by atoms with E-state index in [9.17, 15) is 13.6 Å². The number of nitrogens with one attached hydrogen (secondary N) is 1. The minimum absolute atomic E-state index is 0.137. The van der Waals surface area contributed by atoms with Crippen LogP contribution in [0.2, 0.25) is 0 Å². The molecule has 2 aromatic rings. The Morgan fingerprint density at radius 3 is 2.35 bits per heavy atom. The molecular weight excluding hydrogens is 330 g/mol.